The average Bonchev–Trinajstić information content (AvgIpc) is 2.72. The number of hydrogen-bond acceptors (Lipinski definition) is 3. The molecule has 124 valence electrons. The number of carbonyl (C=O) groups is 1. The molecule has 5 nitrogen and oxygen atoms in total. The lowest BCUT2D eigenvalue weighted by Gasteiger charge is -2.31. The van der Waals surface area contributed by atoms with Crippen molar-refractivity contribution in [1.82, 2.24) is 14.7 Å². The van der Waals surface area contributed by atoms with Crippen LogP contribution in [0.2, 0.25) is 0 Å². The maximum Gasteiger partial charge on any atom is 0.222 e. The Bertz CT molecular complexity index is 524. The maximum absolute atomic E-state index is 12.3. The summed E-state index contributed by atoms with van der Waals surface area (Å²) in [5.74, 6) is 0.394. The van der Waals surface area contributed by atoms with Crippen molar-refractivity contribution in [2.75, 3.05) is 13.6 Å². The summed E-state index contributed by atoms with van der Waals surface area (Å²) in [6.07, 6.45) is 5.17. The molecule has 1 N–H and O–H groups in total. The lowest BCUT2D eigenvalue weighted by atomic mass is 9.86. The molecule has 1 aliphatic carbocycles. The van der Waals surface area contributed by atoms with Gasteiger partial charge in [-0.2, -0.15) is 5.10 Å². The number of aryl methyl sites for hydroxylation is 2. The first kappa shape index (κ1) is 17.0. The molecular formula is C17H29N3O2. The van der Waals surface area contributed by atoms with E-state index in [1.54, 1.807) is 4.90 Å². The Balaban J connectivity index is 1.86. The molecule has 2 unspecified atom stereocenters. The van der Waals surface area contributed by atoms with Crippen LogP contribution in [-0.4, -0.2) is 45.4 Å². The highest BCUT2D eigenvalue weighted by atomic mass is 16.3. The predicted molar refractivity (Wildman–Crippen MR) is 86.6 cm³/mol. The molecule has 1 aliphatic rings. The Kier molecular flexibility index (Phi) is 5.62. The third-order valence-electron chi connectivity index (χ3n) is 5.05. The van der Waals surface area contributed by atoms with E-state index in [0.29, 0.717) is 13.0 Å². The third kappa shape index (κ3) is 3.88. The first-order valence-electron chi connectivity index (χ1n) is 8.31. The number of aliphatic hydroxyl groups excluding tert-OH is 1. The van der Waals surface area contributed by atoms with Gasteiger partial charge in [-0.25, -0.2) is 0 Å². The highest BCUT2D eigenvalue weighted by Crippen LogP contribution is 2.25. The molecule has 0 saturated heterocycles. The van der Waals surface area contributed by atoms with Gasteiger partial charge in [-0.1, -0.05) is 12.8 Å². The SMILES string of the molecule is Cc1nn(C)c(C)c1CCC(=O)N(C)CC1CCCCC1O. The summed E-state index contributed by atoms with van der Waals surface area (Å²) in [4.78, 5) is 14.1. The molecule has 1 heterocycles. The summed E-state index contributed by atoms with van der Waals surface area (Å²) >= 11 is 0. The Morgan fingerprint density at radius 1 is 1.36 bits per heavy atom. The molecule has 1 aromatic rings. The van der Waals surface area contributed by atoms with Gasteiger partial charge in [-0.15, -0.1) is 0 Å². The summed E-state index contributed by atoms with van der Waals surface area (Å²) < 4.78 is 1.87. The number of carbonyl (C=O) groups excluding carboxylic acids is 1. The van der Waals surface area contributed by atoms with Crippen molar-refractivity contribution in [3.8, 4) is 0 Å². The van der Waals surface area contributed by atoms with E-state index in [-0.39, 0.29) is 17.9 Å². The van der Waals surface area contributed by atoms with Crippen molar-refractivity contribution in [3.63, 3.8) is 0 Å². The summed E-state index contributed by atoms with van der Waals surface area (Å²) in [7, 11) is 3.79. The van der Waals surface area contributed by atoms with Crippen molar-refractivity contribution in [2.24, 2.45) is 13.0 Å². The van der Waals surface area contributed by atoms with Crippen LogP contribution in [0.1, 0.15) is 49.1 Å². The second-order valence-electron chi connectivity index (χ2n) is 6.66. The third-order valence-corrected chi connectivity index (χ3v) is 5.05. The molecule has 22 heavy (non-hydrogen) atoms. The fourth-order valence-electron chi connectivity index (χ4n) is 3.46. The number of aliphatic hydroxyl groups is 1. The predicted octanol–water partition coefficient (Wildman–Crippen LogP) is 1.98. The van der Waals surface area contributed by atoms with E-state index >= 15 is 0 Å². The molecule has 0 radical (unpaired) electrons. The maximum atomic E-state index is 12.3. The van der Waals surface area contributed by atoms with Gasteiger partial charge < -0.3 is 10.0 Å². The van der Waals surface area contributed by atoms with Crippen molar-refractivity contribution in [1.29, 1.82) is 0 Å². The first-order chi connectivity index (χ1) is 10.4. The molecule has 1 aromatic heterocycles. The van der Waals surface area contributed by atoms with Gasteiger partial charge in [0.15, 0.2) is 0 Å². The van der Waals surface area contributed by atoms with E-state index in [2.05, 4.69) is 5.10 Å². The molecule has 1 saturated carbocycles. The molecule has 0 aliphatic heterocycles. The highest BCUT2D eigenvalue weighted by Gasteiger charge is 2.25. The Labute approximate surface area is 133 Å². The first-order valence-corrected chi connectivity index (χ1v) is 8.31. The van der Waals surface area contributed by atoms with Crippen molar-refractivity contribution < 1.29 is 9.90 Å². The molecule has 1 fully saturated rings. The standard InChI is InChI=1S/C17H29N3O2/c1-12-15(13(2)20(4)18-12)9-10-17(22)19(3)11-14-7-5-6-8-16(14)21/h14,16,21H,5-11H2,1-4H3. The number of aromatic nitrogens is 2. The zero-order chi connectivity index (χ0) is 16.3. The van der Waals surface area contributed by atoms with Crippen LogP contribution >= 0.6 is 0 Å². The quantitative estimate of drug-likeness (QED) is 0.905. The van der Waals surface area contributed by atoms with Gasteiger partial charge in [0.25, 0.3) is 0 Å². The van der Waals surface area contributed by atoms with Gasteiger partial charge in [-0.05, 0) is 38.7 Å². The van der Waals surface area contributed by atoms with E-state index in [1.807, 2.05) is 32.6 Å². The zero-order valence-electron chi connectivity index (χ0n) is 14.3. The molecule has 2 rings (SSSR count). The molecule has 5 heteroatoms. The Morgan fingerprint density at radius 2 is 2.05 bits per heavy atom. The monoisotopic (exact) mass is 307 g/mol. The lowest BCUT2D eigenvalue weighted by Crippen LogP contribution is -2.38. The zero-order valence-corrected chi connectivity index (χ0v) is 14.3. The second kappa shape index (κ2) is 7.27. The summed E-state index contributed by atoms with van der Waals surface area (Å²) in [6.45, 7) is 4.71. The van der Waals surface area contributed by atoms with Crippen LogP contribution in [0.3, 0.4) is 0 Å². The van der Waals surface area contributed by atoms with Crippen molar-refractivity contribution in [3.05, 3.63) is 17.0 Å². The van der Waals surface area contributed by atoms with Gasteiger partial charge in [-0.3, -0.25) is 9.48 Å². The minimum atomic E-state index is -0.244. The van der Waals surface area contributed by atoms with E-state index in [9.17, 15) is 9.90 Å². The minimum Gasteiger partial charge on any atom is -0.393 e. The van der Waals surface area contributed by atoms with Crippen LogP contribution < -0.4 is 0 Å². The van der Waals surface area contributed by atoms with E-state index in [1.165, 1.54) is 5.56 Å². The molecule has 0 aromatic carbocycles. The van der Waals surface area contributed by atoms with Crippen LogP contribution in [0.4, 0.5) is 0 Å². The number of amides is 1. The van der Waals surface area contributed by atoms with Crippen LogP contribution in [0.25, 0.3) is 0 Å². The smallest absolute Gasteiger partial charge is 0.222 e. The second-order valence-corrected chi connectivity index (χ2v) is 6.66. The molecule has 0 bridgehead atoms. The molecule has 1 amide bonds. The fraction of sp³-hybridized carbons (Fsp3) is 0.765. The summed E-state index contributed by atoms with van der Waals surface area (Å²) in [5, 5.41) is 14.4. The minimum absolute atomic E-state index is 0.153. The normalized spacial score (nSPS) is 21.9. The number of rotatable bonds is 5. The van der Waals surface area contributed by atoms with Crippen molar-refractivity contribution >= 4 is 5.91 Å². The fourth-order valence-corrected chi connectivity index (χ4v) is 3.46. The van der Waals surface area contributed by atoms with Crippen LogP contribution in [0.5, 0.6) is 0 Å². The largest absolute Gasteiger partial charge is 0.393 e. The van der Waals surface area contributed by atoms with Gasteiger partial charge in [0.05, 0.1) is 11.8 Å². The summed E-state index contributed by atoms with van der Waals surface area (Å²) in [6, 6.07) is 0. The highest BCUT2D eigenvalue weighted by molar-refractivity contribution is 5.76. The van der Waals surface area contributed by atoms with Gasteiger partial charge in [0, 0.05) is 38.7 Å². The van der Waals surface area contributed by atoms with Gasteiger partial charge in [0.2, 0.25) is 5.91 Å². The number of nitrogens with zero attached hydrogens (tertiary/aromatic N) is 3. The molecule has 2 atom stereocenters. The van der Waals surface area contributed by atoms with Crippen LogP contribution in [0.15, 0.2) is 0 Å². The van der Waals surface area contributed by atoms with Gasteiger partial charge in [0.1, 0.15) is 0 Å². The van der Waals surface area contributed by atoms with Crippen LogP contribution in [-0.2, 0) is 18.3 Å². The Morgan fingerprint density at radius 3 is 2.64 bits per heavy atom. The van der Waals surface area contributed by atoms with Crippen molar-refractivity contribution in [2.45, 2.75) is 58.5 Å². The topological polar surface area (TPSA) is 58.4 Å². The van der Waals surface area contributed by atoms with Crippen LogP contribution in [0, 0.1) is 19.8 Å². The summed E-state index contributed by atoms with van der Waals surface area (Å²) in [5.41, 5.74) is 3.33. The van der Waals surface area contributed by atoms with E-state index in [0.717, 1.165) is 43.5 Å². The molecular weight excluding hydrogens is 278 g/mol. The van der Waals surface area contributed by atoms with Gasteiger partial charge >= 0.3 is 0 Å². The number of hydrogen-bond donors (Lipinski definition) is 1. The van der Waals surface area contributed by atoms with E-state index < -0.39 is 0 Å². The van der Waals surface area contributed by atoms with E-state index in [4.69, 9.17) is 0 Å². The average molecular weight is 307 g/mol. The Hall–Kier alpha value is -1.36. The lowest BCUT2D eigenvalue weighted by molar-refractivity contribution is -0.131. The molecule has 0 spiro atoms.